The Morgan fingerprint density at radius 2 is 1.51 bits per heavy atom. The van der Waals surface area contributed by atoms with Gasteiger partial charge in [-0.25, -0.2) is 4.79 Å². The lowest BCUT2D eigenvalue weighted by molar-refractivity contribution is -0.142. The third kappa shape index (κ3) is 10.4. The molecule has 0 saturated carbocycles. The van der Waals surface area contributed by atoms with Gasteiger partial charge in [0.25, 0.3) is 0 Å². The molecular weight excluding hydrogens is 607 g/mol. The van der Waals surface area contributed by atoms with Gasteiger partial charge < -0.3 is 15.3 Å². The summed E-state index contributed by atoms with van der Waals surface area (Å²) in [5.74, 6) is -0.541. The van der Waals surface area contributed by atoms with Gasteiger partial charge in [-0.15, -0.1) is 0 Å². The number of carboxylic acid groups (broad SMARTS) is 1. The zero-order valence-electron chi connectivity index (χ0n) is 27.9. The van der Waals surface area contributed by atoms with Crippen molar-refractivity contribution in [2.45, 2.75) is 58.7 Å². The standard InChI is InChI=1S/C39H47N3O4S/c1-28(2)23-34(42(29(3)43)37-20-11-9-16-32(37)24-30-13-6-5-7-14-30)26-41(27-38(44)40-36(39(45)46)21-22-47-4)25-33-18-12-17-31-15-8-10-19-35(31)33/h5-20,28,34,36H,21-27H2,1-4H3,(H,40,44)(H,45,46)/t34-,36-/m0/s1. The van der Waals surface area contributed by atoms with Gasteiger partial charge in [0.05, 0.1) is 6.54 Å². The summed E-state index contributed by atoms with van der Waals surface area (Å²) in [6.45, 7) is 6.79. The maximum absolute atomic E-state index is 13.6. The number of amides is 2. The topological polar surface area (TPSA) is 90.0 Å². The van der Waals surface area contributed by atoms with E-state index in [1.54, 1.807) is 18.7 Å². The molecule has 7 nitrogen and oxygen atoms in total. The average Bonchev–Trinajstić information content (AvgIpc) is 3.04. The average molecular weight is 654 g/mol. The number of aliphatic carboxylic acids is 1. The van der Waals surface area contributed by atoms with Crippen molar-refractivity contribution in [3.8, 4) is 0 Å². The van der Waals surface area contributed by atoms with Crippen LogP contribution in [0.2, 0.25) is 0 Å². The molecule has 0 unspecified atom stereocenters. The lowest BCUT2D eigenvalue weighted by Gasteiger charge is -2.37. The van der Waals surface area contributed by atoms with Crippen molar-refractivity contribution in [2.24, 2.45) is 5.92 Å². The molecule has 0 spiro atoms. The minimum atomic E-state index is -1.04. The number of thioether (sulfide) groups is 1. The number of rotatable bonds is 17. The number of para-hydroxylation sites is 1. The van der Waals surface area contributed by atoms with Crippen molar-refractivity contribution in [1.82, 2.24) is 10.2 Å². The number of fused-ring (bicyclic) bond motifs is 1. The van der Waals surface area contributed by atoms with Crippen LogP contribution in [-0.2, 0) is 27.3 Å². The number of carboxylic acids is 1. The summed E-state index contributed by atoms with van der Waals surface area (Å²) >= 11 is 1.55. The monoisotopic (exact) mass is 653 g/mol. The Bertz CT molecular complexity index is 1620. The molecule has 2 amide bonds. The summed E-state index contributed by atoms with van der Waals surface area (Å²) in [5.41, 5.74) is 4.15. The van der Waals surface area contributed by atoms with Gasteiger partial charge >= 0.3 is 5.97 Å². The van der Waals surface area contributed by atoms with E-state index in [2.05, 4.69) is 66.5 Å². The Labute approximate surface area is 283 Å². The second kappa shape index (κ2) is 17.7. The van der Waals surface area contributed by atoms with Crippen LogP contribution in [-0.4, -0.2) is 65.0 Å². The van der Waals surface area contributed by atoms with Gasteiger partial charge in [0.1, 0.15) is 6.04 Å². The summed E-state index contributed by atoms with van der Waals surface area (Å²) in [6.07, 6.45) is 3.67. The van der Waals surface area contributed by atoms with E-state index in [4.69, 9.17) is 0 Å². The zero-order chi connectivity index (χ0) is 33.8. The van der Waals surface area contributed by atoms with Crippen molar-refractivity contribution in [1.29, 1.82) is 0 Å². The van der Waals surface area contributed by atoms with E-state index in [1.807, 2.05) is 65.8 Å². The molecule has 0 aliphatic carbocycles. The number of anilines is 1. The van der Waals surface area contributed by atoms with E-state index in [0.29, 0.717) is 31.7 Å². The zero-order valence-corrected chi connectivity index (χ0v) is 28.7. The third-order valence-electron chi connectivity index (χ3n) is 8.29. The van der Waals surface area contributed by atoms with Crippen LogP contribution < -0.4 is 10.2 Å². The van der Waals surface area contributed by atoms with E-state index in [0.717, 1.165) is 39.6 Å². The molecule has 4 rings (SSSR count). The normalized spacial score (nSPS) is 12.6. The van der Waals surface area contributed by atoms with Crippen molar-refractivity contribution in [2.75, 3.05) is 30.0 Å². The number of carbonyl (C=O) groups is 3. The van der Waals surface area contributed by atoms with Crippen LogP contribution in [0.3, 0.4) is 0 Å². The van der Waals surface area contributed by atoms with Gasteiger partial charge in [0.15, 0.2) is 0 Å². The van der Waals surface area contributed by atoms with E-state index in [9.17, 15) is 19.5 Å². The molecule has 0 radical (unpaired) electrons. The van der Waals surface area contributed by atoms with Crippen molar-refractivity contribution in [3.05, 3.63) is 114 Å². The second-order valence-electron chi connectivity index (χ2n) is 12.5. The fourth-order valence-electron chi connectivity index (χ4n) is 6.23. The molecule has 8 heteroatoms. The molecule has 2 N–H and O–H groups in total. The molecule has 4 aromatic carbocycles. The number of hydrogen-bond acceptors (Lipinski definition) is 5. The molecule has 4 aromatic rings. The first-order valence-electron chi connectivity index (χ1n) is 16.3. The molecule has 0 fully saturated rings. The summed E-state index contributed by atoms with van der Waals surface area (Å²) in [7, 11) is 0. The highest BCUT2D eigenvalue weighted by atomic mass is 32.2. The molecule has 47 heavy (non-hydrogen) atoms. The molecule has 0 saturated heterocycles. The predicted octanol–water partition coefficient (Wildman–Crippen LogP) is 7.02. The number of nitrogens with zero attached hydrogens (tertiary/aromatic N) is 2. The van der Waals surface area contributed by atoms with Crippen molar-refractivity contribution < 1.29 is 19.5 Å². The number of benzene rings is 4. The Hall–Kier alpha value is -4.14. The number of carbonyl (C=O) groups excluding carboxylic acids is 2. The van der Waals surface area contributed by atoms with Crippen molar-refractivity contribution >= 4 is 46.0 Å². The molecule has 248 valence electrons. The summed E-state index contributed by atoms with van der Waals surface area (Å²) in [5, 5.41) is 14.8. The van der Waals surface area contributed by atoms with Crippen LogP contribution in [0.15, 0.2) is 97.1 Å². The van der Waals surface area contributed by atoms with E-state index in [1.165, 1.54) is 0 Å². The van der Waals surface area contributed by atoms with Crippen molar-refractivity contribution in [3.63, 3.8) is 0 Å². The largest absolute Gasteiger partial charge is 0.480 e. The van der Waals surface area contributed by atoms with E-state index >= 15 is 0 Å². The minimum absolute atomic E-state index is 0.00172. The first kappa shape index (κ1) is 35.7. The first-order chi connectivity index (χ1) is 22.7. The molecule has 0 bridgehead atoms. The Morgan fingerprint density at radius 3 is 2.21 bits per heavy atom. The first-order valence-corrected chi connectivity index (χ1v) is 17.7. The molecule has 0 heterocycles. The Balaban J connectivity index is 1.70. The summed E-state index contributed by atoms with van der Waals surface area (Å²) in [6, 6.07) is 31.4. The lowest BCUT2D eigenvalue weighted by atomic mass is 9.97. The van der Waals surface area contributed by atoms with E-state index in [-0.39, 0.29) is 30.3 Å². The highest BCUT2D eigenvalue weighted by Gasteiger charge is 2.29. The minimum Gasteiger partial charge on any atom is -0.480 e. The highest BCUT2D eigenvalue weighted by Crippen LogP contribution is 2.29. The quantitative estimate of drug-likeness (QED) is 0.127. The van der Waals surface area contributed by atoms with Gasteiger partial charge in [-0.2, -0.15) is 11.8 Å². The van der Waals surface area contributed by atoms with E-state index < -0.39 is 12.0 Å². The van der Waals surface area contributed by atoms with Crippen LogP contribution >= 0.6 is 11.8 Å². The molecule has 0 aliphatic heterocycles. The second-order valence-corrected chi connectivity index (χ2v) is 13.5. The smallest absolute Gasteiger partial charge is 0.326 e. The lowest BCUT2D eigenvalue weighted by Crippen LogP contribution is -2.51. The van der Waals surface area contributed by atoms with Crippen LogP contribution in [0, 0.1) is 5.92 Å². The summed E-state index contributed by atoms with van der Waals surface area (Å²) in [4.78, 5) is 43.0. The Kier molecular flexibility index (Phi) is 13.4. The maximum Gasteiger partial charge on any atom is 0.326 e. The molecular formula is C39H47N3O4S. The highest BCUT2D eigenvalue weighted by molar-refractivity contribution is 7.98. The SMILES string of the molecule is CSCC[C@H](NC(=O)CN(Cc1cccc2ccccc12)C[C@H](CC(C)C)N(C(C)=O)c1ccccc1Cc1ccccc1)C(=O)O. The predicted molar refractivity (Wildman–Crippen MR) is 194 cm³/mol. The summed E-state index contributed by atoms with van der Waals surface area (Å²) < 4.78 is 0. The van der Waals surface area contributed by atoms with Crippen LogP contribution in [0.5, 0.6) is 0 Å². The fraction of sp³-hybridized carbons (Fsp3) is 0.359. The van der Waals surface area contributed by atoms with Gasteiger partial charge in [0.2, 0.25) is 11.8 Å². The van der Waals surface area contributed by atoms with Gasteiger partial charge in [-0.3, -0.25) is 14.5 Å². The molecule has 2 atom stereocenters. The third-order valence-corrected chi connectivity index (χ3v) is 8.93. The number of hydrogen-bond donors (Lipinski definition) is 2. The van der Waals surface area contributed by atoms with Crippen LogP contribution in [0.4, 0.5) is 5.69 Å². The van der Waals surface area contributed by atoms with Gasteiger partial charge in [-0.1, -0.05) is 105 Å². The Morgan fingerprint density at radius 1 is 0.851 bits per heavy atom. The van der Waals surface area contributed by atoms with Crippen LogP contribution in [0.1, 0.15) is 50.3 Å². The van der Waals surface area contributed by atoms with Gasteiger partial charge in [-0.05, 0) is 70.7 Å². The van der Waals surface area contributed by atoms with Crippen LogP contribution in [0.25, 0.3) is 10.8 Å². The fourth-order valence-corrected chi connectivity index (χ4v) is 6.70. The van der Waals surface area contributed by atoms with Gasteiger partial charge in [0, 0.05) is 31.7 Å². The molecule has 0 aliphatic rings. The molecule has 0 aromatic heterocycles. The maximum atomic E-state index is 13.6. The number of nitrogens with one attached hydrogen (secondary N) is 1.